The van der Waals surface area contributed by atoms with Gasteiger partial charge >= 0.3 is 0 Å². The zero-order valence-electron chi connectivity index (χ0n) is 72.0. The van der Waals surface area contributed by atoms with Crippen LogP contribution in [0.4, 0.5) is 29.1 Å². The fourth-order valence-electron chi connectivity index (χ4n) is 17.5. The zero-order chi connectivity index (χ0) is 88.5. The maximum absolute atomic E-state index is 10.4. The first-order valence-corrected chi connectivity index (χ1v) is 46.7. The predicted octanol–water partition coefficient (Wildman–Crippen LogP) is 23.5. The van der Waals surface area contributed by atoms with Crippen molar-refractivity contribution < 1.29 is 5.11 Å². The van der Waals surface area contributed by atoms with Gasteiger partial charge in [0.1, 0.15) is 56.7 Å². The Kier molecular flexibility index (Phi) is 26.4. The molecule has 1 aliphatic carbocycles. The Morgan fingerprint density at radius 2 is 0.598 bits per heavy atom. The smallest absolute Gasteiger partial charge is 0.202 e. The Balaban J connectivity index is 0.000000112. The number of nitrogens with one attached hydrogen (secondary N) is 5. The van der Waals surface area contributed by atoms with Crippen LogP contribution in [0.1, 0.15) is 151 Å². The number of nitrogens with zero attached hydrogens (tertiary/aromatic N) is 20. The van der Waals surface area contributed by atoms with Crippen LogP contribution in [0, 0.1) is 21.7 Å². The largest absolute Gasteiger partial charge is 0.390 e. The number of anilines is 5. The van der Waals surface area contributed by atoms with Crippen molar-refractivity contribution in [2.24, 2.45) is 21.7 Å². The Bertz CT molecular complexity index is 6060. The van der Waals surface area contributed by atoms with Crippen LogP contribution in [0.15, 0.2) is 134 Å². The van der Waals surface area contributed by atoms with Gasteiger partial charge in [-0.3, -0.25) is 25.5 Å². The molecule has 0 radical (unpaired) electrons. The van der Waals surface area contributed by atoms with Crippen molar-refractivity contribution >= 4 is 178 Å². The summed E-state index contributed by atoms with van der Waals surface area (Å²) < 4.78 is 0. The molecule has 0 unspecified atom stereocenters. The van der Waals surface area contributed by atoms with E-state index in [-0.39, 0.29) is 0 Å². The number of rotatable bonds is 13. The zero-order valence-corrected chi connectivity index (χ0v) is 78.0. The van der Waals surface area contributed by atoms with Crippen LogP contribution in [0.25, 0.3) is 112 Å². The Morgan fingerprint density at radius 1 is 0.323 bits per heavy atom. The number of aromatic nitrogens is 20. The van der Waals surface area contributed by atoms with E-state index >= 15 is 0 Å². The molecule has 1 saturated carbocycles. The lowest BCUT2D eigenvalue weighted by molar-refractivity contribution is 0.0124. The Hall–Kier alpha value is -9.87. The summed E-state index contributed by atoms with van der Waals surface area (Å²) in [7, 11) is 0. The quantitative estimate of drug-likeness (QED) is 0.0625. The molecule has 6 N–H and O–H groups in total. The van der Waals surface area contributed by atoms with Crippen LogP contribution >= 0.6 is 92.8 Å². The number of fused-ring (bicyclic) bond motifs is 5. The number of aromatic amines is 5. The average molecular weight is 1870 g/mol. The van der Waals surface area contributed by atoms with Crippen LogP contribution in [-0.2, 0) is 0 Å². The molecule has 1 spiro atoms. The van der Waals surface area contributed by atoms with E-state index < -0.39 is 5.60 Å². The van der Waals surface area contributed by atoms with E-state index in [0.717, 1.165) is 175 Å². The van der Waals surface area contributed by atoms with Gasteiger partial charge in [0.15, 0.2) is 0 Å². The van der Waals surface area contributed by atoms with Gasteiger partial charge in [0.25, 0.3) is 0 Å². The number of aliphatic hydroxyl groups is 1. The summed E-state index contributed by atoms with van der Waals surface area (Å²) in [6.07, 6.45) is 27.6. The van der Waals surface area contributed by atoms with Crippen molar-refractivity contribution in [3.05, 3.63) is 174 Å². The normalized spacial score (nSPS) is 17.5. The molecule has 5 saturated heterocycles. The summed E-state index contributed by atoms with van der Waals surface area (Å²) in [5, 5.41) is 51.5. The molecule has 660 valence electrons. The van der Waals surface area contributed by atoms with Crippen molar-refractivity contribution in [2.45, 2.75) is 157 Å². The number of hydrogen-bond acceptors (Lipinski definition) is 21. The molecule has 26 nitrogen and oxygen atoms in total. The molecule has 15 aromatic rings. The lowest BCUT2D eigenvalue weighted by atomic mass is 9.63. The van der Waals surface area contributed by atoms with Crippen molar-refractivity contribution in [3.8, 4) is 56.3 Å². The second-order valence-corrected chi connectivity index (χ2v) is 38.9. The van der Waals surface area contributed by atoms with Crippen molar-refractivity contribution in [1.82, 2.24) is 101 Å². The summed E-state index contributed by atoms with van der Waals surface area (Å²) >= 11 is 49.6. The molecular weight excluding hydrogens is 1770 g/mol. The summed E-state index contributed by atoms with van der Waals surface area (Å²) in [6, 6.07) is 31.8. The molecule has 21 rings (SSSR count). The molecule has 0 amide bonds. The second-order valence-electron chi connectivity index (χ2n) is 35.7. The third-order valence-electron chi connectivity index (χ3n) is 27.1. The van der Waals surface area contributed by atoms with E-state index in [9.17, 15) is 5.11 Å². The molecule has 6 aliphatic rings. The van der Waals surface area contributed by atoms with Crippen molar-refractivity contribution in [2.75, 3.05) is 89.9 Å². The van der Waals surface area contributed by atoms with Crippen LogP contribution in [-0.4, -0.2) is 177 Å². The van der Waals surface area contributed by atoms with E-state index in [0.29, 0.717) is 112 Å². The maximum atomic E-state index is 10.4. The number of piperidine rings is 5. The van der Waals surface area contributed by atoms with Gasteiger partial charge in [-0.25, -0.2) is 49.8 Å². The minimum absolute atomic E-state index is 0.417. The average Bonchev–Trinajstić information content (AvgIpc) is 1.63. The van der Waals surface area contributed by atoms with E-state index in [1.807, 2.05) is 117 Å². The van der Waals surface area contributed by atoms with Crippen LogP contribution < -0.4 is 24.5 Å². The van der Waals surface area contributed by atoms with Crippen molar-refractivity contribution in [3.63, 3.8) is 0 Å². The Labute approximate surface area is 776 Å². The van der Waals surface area contributed by atoms with Gasteiger partial charge in [-0.1, -0.05) is 221 Å². The van der Waals surface area contributed by atoms with Gasteiger partial charge in [0.2, 0.25) is 28.2 Å². The van der Waals surface area contributed by atoms with E-state index in [1.165, 1.54) is 83.5 Å². The lowest BCUT2D eigenvalue weighted by Crippen LogP contribution is -2.44. The first-order valence-electron chi connectivity index (χ1n) is 43.6. The molecule has 127 heavy (non-hydrogen) atoms. The fourth-order valence-corrected chi connectivity index (χ4v) is 19.1. The molecule has 0 bridgehead atoms. The highest BCUT2D eigenvalue weighted by Gasteiger charge is 2.41. The van der Waals surface area contributed by atoms with Gasteiger partial charge in [0, 0.05) is 103 Å². The van der Waals surface area contributed by atoms with Gasteiger partial charge < -0.3 is 29.6 Å². The highest BCUT2D eigenvalue weighted by Crippen LogP contribution is 2.50. The molecule has 10 aromatic heterocycles. The molecule has 34 heteroatoms. The number of hydrogen-bond donors (Lipinski definition) is 6. The maximum Gasteiger partial charge on any atom is 0.202 e. The van der Waals surface area contributed by atoms with Gasteiger partial charge in [-0.05, 0) is 148 Å². The summed E-state index contributed by atoms with van der Waals surface area (Å²) in [4.78, 5) is 58.0. The molecule has 5 aliphatic heterocycles. The summed E-state index contributed by atoms with van der Waals surface area (Å²) in [5.41, 5.74) is 16.2. The first-order chi connectivity index (χ1) is 61.3. The molecule has 5 aromatic carbocycles. The van der Waals surface area contributed by atoms with Crippen LogP contribution in [0.3, 0.4) is 0 Å². The van der Waals surface area contributed by atoms with Crippen molar-refractivity contribution in [1.29, 1.82) is 0 Å². The first kappa shape index (κ1) is 89.1. The van der Waals surface area contributed by atoms with E-state index in [4.69, 9.17) is 113 Å². The third kappa shape index (κ3) is 19.4. The Morgan fingerprint density at radius 3 is 0.882 bits per heavy atom. The molecule has 6 fully saturated rings. The number of benzene rings is 5. The molecule has 15 heterocycles. The van der Waals surface area contributed by atoms with Crippen LogP contribution in [0.2, 0.25) is 40.2 Å². The van der Waals surface area contributed by atoms with Crippen LogP contribution in [0.5, 0.6) is 0 Å². The standard InChI is InChI=1S/C19H19Cl2N5.C19H21Cl2N5.C19H22ClN5.C18H19Cl2N5O.C18H20ClN5/c20-13-4-1-3-12(15(13)21)16-17-18(25-24-16)23-14(11-22-17)26-9-7-19(8-10-26)5-2-6-19;1-3-19(2)7-9-26(10-8-19)14-11-22-17-16(24-25-18(17)23-14)12-5-4-6-13(20)15(12)21;1-3-19(2)7-9-25(10-8-19)15-12-21-17-16(23-24-18(17)22-15)13-5-4-6-14(20)11-13;1-2-18(26)6-8-25(9-7-18)13-10-21-16-15(23-24-17(16)22-13)11-4-3-5-12(19)14(11)20;1-18(2)6-8-24(9-7-18)14-11-20-16-15(22-23-17(16)21-14)12-4-3-5-13(19)10-12/h1,3-4,11H,2,5-10H2,(H,23,24,25);4-6,11H,3,7-10H2,1-2H3,(H,23,24,25);4-6,11-12H,3,7-10H2,1-2H3,(H,22,23,24);3-5,10,26H,2,6-9H2,1H3,(H,22,23,24);3-5,10-11H,6-9H2,1-2H3,(H,21,22,23). The van der Waals surface area contributed by atoms with Gasteiger partial charge in [-0.2, -0.15) is 25.5 Å². The summed E-state index contributed by atoms with van der Waals surface area (Å²) in [6.45, 7) is 25.7. The van der Waals surface area contributed by atoms with E-state index in [2.05, 4.69) is 147 Å². The monoisotopic (exact) mass is 1860 g/mol. The number of H-pyrrole nitrogens is 5. The highest BCUT2D eigenvalue weighted by molar-refractivity contribution is 6.45. The lowest BCUT2D eigenvalue weighted by Gasteiger charge is -2.48. The van der Waals surface area contributed by atoms with Gasteiger partial charge in [0.05, 0.1) is 95.2 Å². The number of halogens is 8. The minimum atomic E-state index is -0.559. The predicted molar refractivity (Wildman–Crippen MR) is 515 cm³/mol. The second kappa shape index (κ2) is 37.7. The fraction of sp³-hybridized carbons (Fsp3) is 0.409. The molecule has 0 atom stereocenters. The minimum Gasteiger partial charge on any atom is -0.390 e. The SMILES string of the molecule is CC1(C)CCN(c2cnc3c(-c4cccc(Cl)c4)[nH]nc3n2)CC1.CCC1(C)CCN(c2cnc3c(-c4cccc(Cl)c4)[nH]nc3n2)CC1.CCC1(C)CCN(c2cnc3c(-c4cccc(Cl)c4Cl)[nH]nc3n2)CC1.CCC1(O)CCN(c2cnc3c(-c4cccc(Cl)c4Cl)[nH]nc3n2)CC1.Clc1cccc(-c2[nH]nc3nc(N4CCC5(CCC5)CC4)cnc23)c1Cl. The van der Waals surface area contributed by atoms with Gasteiger partial charge in [-0.15, -0.1) is 0 Å². The third-order valence-corrected chi connectivity index (χ3v) is 30.1. The topological polar surface area (TPSA) is 309 Å². The van der Waals surface area contributed by atoms with E-state index in [1.54, 1.807) is 24.4 Å². The molecular formula is C93H101Cl8N25O. The summed E-state index contributed by atoms with van der Waals surface area (Å²) in [5.74, 6) is 4.37. The highest BCUT2D eigenvalue weighted by atomic mass is 35.5.